The largest absolute Gasteiger partial charge is 0.452 e. The van der Waals surface area contributed by atoms with Gasteiger partial charge in [0, 0.05) is 17.1 Å². The zero-order valence-electron chi connectivity index (χ0n) is 12.2. The molecule has 1 aliphatic heterocycles. The van der Waals surface area contributed by atoms with Crippen molar-refractivity contribution in [1.29, 1.82) is 0 Å². The second-order valence-electron chi connectivity index (χ2n) is 5.16. The number of halogens is 1. The van der Waals surface area contributed by atoms with Gasteiger partial charge in [0.1, 0.15) is 0 Å². The van der Waals surface area contributed by atoms with Gasteiger partial charge in [0.25, 0.3) is 5.91 Å². The van der Waals surface area contributed by atoms with Crippen LogP contribution in [0, 0.1) is 0 Å². The van der Waals surface area contributed by atoms with Crippen LogP contribution in [0.4, 0.5) is 0 Å². The molecule has 1 heterocycles. The number of ether oxygens (including phenoxy) is 1. The molecule has 0 aliphatic carbocycles. The number of nitrogens with one attached hydrogen (secondary N) is 1. The number of carbonyl (C=O) groups is 2. The van der Waals surface area contributed by atoms with Gasteiger partial charge in [-0.05, 0) is 30.2 Å². The third-order valence-electron chi connectivity index (χ3n) is 3.22. The molecule has 0 spiro atoms. The van der Waals surface area contributed by atoms with Crippen LogP contribution in [0.15, 0.2) is 30.3 Å². The molecule has 1 atom stereocenters. The van der Waals surface area contributed by atoms with Crippen LogP contribution in [-0.2, 0) is 24.2 Å². The smallest absolute Gasteiger partial charge is 0.331 e. The molecular weight excluding hydrogens is 342 g/mol. The second kappa shape index (κ2) is 7.61. The molecule has 124 valence electrons. The van der Waals surface area contributed by atoms with Crippen molar-refractivity contribution in [3.63, 3.8) is 0 Å². The number of rotatable bonds is 5. The standard InChI is InChI=1S/C15H16ClNO5S/c16-12-4-1-11(2-5-12)3-6-15(19)22-9-14(18)17-13-7-8-23(20,21)10-13/h1-6,13H,7-10H2,(H,17,18). The fourth-order valence-electron chi connectivity index (χ4n) is 2.10. The van der Waals surface area contributed by atoms with Crippen molar-refractivity contribution in [3.8, 4) is 0 Å². The van der Waals surface area contributed by atoms with Crippen LogP contribution in [0.2, 0.25) is 5.02 Å². The normalized spacial score (nSPS) is 19.6. The van der Waals surface area contributed by atoms with Gasteiger partial charge in [0.2, 0.25) is 0 Å². The van der Waals surface area contributed by atoms with Crippen LogP contribution in [0.5, 0.6) is 0 Å². The van der Waals surface area contributed by atoms with Gasteiger partial charge in [-0.2, -0.15) is 0 Å². The summed E-state index contributed by atoms with van der Waals surface area (Å²) >= 11 is 5.75. The summed E-state index contributed by atoms with van der Waals surface area (Å²) in [5.41, 5.74) is 0.770. The molecule has 1 unspecified atom stereocenters. The summed E-state index contributed by atoms with van der Waals surface area (Å²) in [7, 11) is -3.06. The van der Waals surface area contributed by atoms with Crippen molar-refractivity contribution in [1.82, 2.24) is 5.32 Å². The van der Waals surface area contributed by atoms with Crippen LogP contribution in [-0.4, -0.2) is 44.4 Å². The number of sulfone groups is 1. The molecule has 1 N–H and O–H groups in total. The van der Waals surface area contributed by atoms with E-state index in [2.05, 4.69) is 5.32 Å². The number of carbonyl (C=O) groups excluding carboxylic acids is 2. The van der Waals surface area contributed by atoms with Crippen molar-refractivity contribution in [2.45, 2.75) is 12.5 Å². The molecule has 1 aliphatic rings. The first kappa shape index (κ1) is 17.5. The molecule has 0 bridgehead atoms. The minimum atomic E-state index is -3.06. The Balaban J connectivity index is 1.73. The molecule has 0 aromatic heterocycles. The summed E-state index contributed by atoms with van der Waals surface area (Å²) in [5, 5.41) is 3.13. The topological polar surface area (TPSA) is 89.5 Å². The van der Waals surface area contributed by atoms with E-state index in [1.165, 1.54) is 6.08 Å². The fraction of sp³-hybridized carbons (Fsp3) is 0.333. The number of benzene rings is 1. The lowest BCUT2D eigenvalue weighted by Gasteiger charge is -2.10. The predicted molar refractivity (Wildman–Crippen MR) is 86.6 cm³/mol. The van der Waals surface area contributed by atoms with Crippen LogP contribution in [0.3, 0.4) is 0 Å². The third-order valence-corrected chi connectivity index (χ3v) is 5.24. The highest BCUT2D eigenvalue weighted by molar-refractivity contribution is 7.91. The minimum absolute atomic E-state index is 0.0663. The molecule has 1 amide bonds. The second-order valence-corrected chi connectivity index (χ2v) is 7.83. The first-order valence-corrected chi connectivity index (χ1v) is 9.14. The molecule has 23 heavy (non-hydrogen) atoms. The van der Waals surface area contributed by atoms with Crippen molar-refractivity contribution in [3.05, 3.63) is 40.9 Å². The Bertz CT molecular complexity index is 712. The van der Waals surface area contributed by atoms with E-state index in [4.69, 9.17) is 16.3 Å². The summed E-state index contributed by atoms with van der Waals surface area (Å²) in [6, 6.07) is 6.44. The SMILES string of the molecule is O=C(COC(=O)C=Cc1ccc(Cl)cc1)NC1CCS(=O)(=O)C1. The van der Waals surface area contributed by atoms with Gasteiger partial charge in [0.05, 0.1) is 11.5 Å². The van der Waals surface area contributed by atoms with E-state index in [1.54, 1.807) is 30.3 Å². The quantitative estimate of drug-likeness (QED) is 0.631. The lowest BCUT2D eigenvalue weighted by Crippen LogP contribution is -2.38. The van der Waals surface area contributed by atoms with E-state index in [-0.39, 0.29) is 11.5 Å². The molecule has 2 rings (SSSR count). The van der Waals surface area contributed by atoms with Crippen LogP contribution < -0.4 is 5.32 Å². The maximum atomic E-state index is 11.6. The molecule has 1 aromatic carbocycles. The molecule has 8 heteroatoms. The highest BCUT2D eigenvalue weighted by Crippen LogP contribution is 2.11. The number of amides is 1. The first-order chi connectivity index (χ1) is 10.8. The van der Waals surface area contributed by atoms with Crippen molar-refractivity contribution >= 4 is 39.4 Å². The van der Waals surface area contributed by atoms with Gasteiger partial charge in [-0.3, -0.25) is 4.79 Å². The third kappa shape index (κ3) is 6.03. The molecule has 0 saturated carbocycles. The van der Waals surface area contributed by atoms with Gasteiger partial charge in [0.15, 0.2) is 16.4 Å². The Morgan fingerprint density at radius 1 is 1.30 bits per heavy atom. The molecule has 1 saturated heterocycles. The number of hydrogen-bond donors (Lipinski definition) is 1. The van der Waals surface area contributed by atoms with E-state index < -0.39 is 34.4 Å². The summed E-state index contributed by atoms with van der Waals surface area (Å²) in [4.78, 5) is 23.1. The summed E-state index contributed by atoms with van der Waals surface area (Å²) in [5.74, 6) is -1.17. The zero-order chi connectivity index (χ0) is 16.9. The molecule has 1 fully saturated rings. The summed E-state index contributed by atoms with van der Waals surface area (Å²) in [6.07, 6.45) is 3.13. The monoisotopic (exact) mass is 357 g/mol. The maximum absolute atomic E-state index is 11.6. The average Bonchev–Trinajstić information content (AvgIpc) is 2.83. The van der Waals surface area contributed by atoms with Gasteiger partial charge in [-0.1, -0.05) is 23.7 Å². The molecule has 0 radical (unpaired) electrons. The van der Waals surface area contributed by atoms with E-state index in [0.29, 0.717) is 11.4 Å². The van der Waals surface area contributed by atoms with Crippen LogP contribution in [0.25, 0.3) is 6.08 Å². The summed E-state index contributed by atoms with van der Waals surface area (Å²) in [6.45, 7) is -0.444. The van der Waals surface area contributed by atoms with Crippen LogP contribution >= 0.6 is 11.6 Å². The van der Waals surface area contributed by atoms with Crippen LogP contribution in [0.1, 0.15) is 12.0 Å². The highest BCUT2D eigenvalue weighted by atomic mass is 35.5. The van der Waals surface area contributed by atoms with Crippen molar-refractivity contribution in [2.75, 3.05) is 18.1 Å². The Hall–Kier alpha value is -1.86. The first-order valence-electron chi connectivity index (χ1n) is 6.94. The predicted octanol–water partition coefficient (Wildman–Crippen LogP) is 1.20. The van der Waals surface area contributed by atoms with Crippen molar-refractivity contribution < 1.29 is 22.7 Å². The Labute approximate surface area is 139 Å². The highest BCUT2D eigenvalue weighted by Gasteiger charge is 2.28. The van der Waals surface area contributed by atoms with Gasteiger partial charge in [-0.25, -0.2) is 13.2 Å². The Morgan fingerprint density at radius 3 is 2.61 bits per heavy atom. The Kier molecular flexibility index (Phi) is 5.79. The van der Waals surface area contributed by atoms with E-state index in [1.807, 2.05) is 0 Å². The minimum Gasteiger partial charge on any atom is -0.452 e. The number of esters is 1. The lowest BCUT2D eigenvalue weighted by molar-refractivity contribution is -0.143. The van der Waals surface area contributed by atoms with E-state index in [9.17, 15) is 18.0 Å². The van der Waals surface area contributed by atoms with E-state index >= 15 is 0 Å². The van der Waals surface area contributed by atoms with E-state index in [0.717, 1.165) is 5.56 Å². The molecular formula is C15H16ClNO5S. The maximum Gasteiger partial charge on any atom is 0.331 e. The zero-order valence-corrected chi connectivity index (χ0v) is 13.8. The molecule has 1 aromatic rings. The Morgan fingerprint density at radius 2 is 2.00 bits per heavy atom. The fourth-order valence-corrected chi connectivity index (χ4v) is 3.90. The van der Waals surface area contributed by atoms with Gasteiger partial charge >= 0.3 is 5.97 Å². The van der Waals surface area contributed by atoms with Gasteiger partial charge in [-0.15, -0.1) is 0 Å². The van der Waals surface area contributed by atoms with Gasteiger partial charge < -0.3 is 10.1 Å². The molecule has 6 nitrogen and oxygen atoms in total. The summed E-state index contributed by atoms with van der Waals surface area (Å²) < 4.78 is 27.3. The number of hydrogen-bond acceptors (Lipinski definition) is 5. The lowest BCUT2D eigenvalue weighted by atomic mass is 10.2. The average molecular weight is 358 g/mol. The van der Waals surface area contributed by atoms with Crippen molar-refractivity contribution in [2.24, 2.45) is 0 Å².